The van der Waals surface area contributed by atoms with Crippen LogP contribution < -0.4 is 10.1 Å². The van der Waals surface area contributed by atoms with Gasteiger partial charge in [-0.2, -0.15) is 0 Å². The smallest absolute Gasteiger partial charge is 0.234 e. The maximum atomic E-state index is 12.3. The van der Waals surface area contributed by atoms with E-state index in [1.54, 1.807) is 6.07 Å². The Morgan fingerprint density at radius 1 is 1.21 bits per heavy atom. The van der Waals surface area contributed by atoms with Gasteiger partial charge in [0.05, 0.1) is 10.8 Å². The molecule has 1 atom stereocenters. The van der Waals surface area contributed by atoms with Gasteiger partial charge in [0.25, 0.3) is 0 Å². The Morgan fingerprint density at radius 2 is 1.93 bits per heavy atom. The van der Waals surface area contributed by atoms with Crippen molar-refractivity contribution in [1.29, 1.82) is 0 Å². The molecule has 0 saturated heterocycles. The highest BCUT2D eigenvalue weighted by molar-refractivity contribution is 7.99. The first kappa shape index (κ1) is 21.2. The van der Waals surface area contributed by atoms with E-state index in [0.29, 0.717) is 28.3 Å². The zero-order valence-corrected chi connectivity index (χ0v) is 18.1. The van der Waals surface area contributed by atoms with Crippen molar-refractivity contribution in [3.05, 3.63) is 64.9 Å². The minimum Gasteiger partial charge on any atom is -0.481 e. The molecule has 29 heavy (non-hydrogen) atoms. The van der Waals surface area contributed by atoms with Gasteiger partial charge in [-0.25, -0.2) is 0 Å². The number of anilines is 1. The van der Waals surface area contributed by atoms with Crippen molar-refractivity contribution in [1.82, 2.24) is 14.8 Å². The first-order valence-corrected chi connectivity index (χ1v) is 10.7. The third-order valence-corrected chi connectivity index (χ3v) is 5.60. The average molecular weight is 431 g/mol. The van der Waals surface area contributed by atoms with Gasteiger partial charge < -0.3 is 14.6 Å². The molecular formula is C21H23ClN4O2S. The largest absolute Gasteiger partial charge is 0.481 e. The third-order valence-electron chi connectivity index (χ3n) is 4.32. The summed E-state index contributed by atoms with van der Waals surface area (Å²) < 4.78 is 7.91. The Bertz CT molecular complexity index is 992. The molecule has 152 valence electrons. The fraction of sp³-hybridized carbons (Fsp3) is 0.286. The highest BCUT2D eigenvalue weighted by atomic mass is 35.5. The van der Waals surface area contributed by atoms with Gasteiger partial charge in [-0.15, -0.1) is 10.2 Å². The van der Waals surface area contributed by atoms with Gasteiger partial charge in [-0.3, -0.25) is 4.79 Å². The van der Waals surface area contributed by atoms with Gasteiger partial charge >= 0.3 is 0 Å². The van der Waals surface area contributed by atoms with E-state index in [-0.39, 0.29) is 17.8 Å². The molecule has 3 rings (SSSR count). The number of benzene rings is 2. The van der Waals surface area contributed by atoms with Crippen molar-refractivity contribution in [3.8, 4) is 5.75 Å². The number of aryl methyl sites for hydroxylation is 1. The van der Waals surface area contributed by atoms with Crippen LogP contribution in [-0.4, -0.2) is 26.4 Å². The number of amides is 1. The molecule has 0 aliphatic rings. The summed E-state index contributed by atoms with van der Waals surface area (Å²) in [5.74, 6) is 1.44. The van der Waals surface area contributed by atoms with E-state index in [0.717, 1.165) is 11.3 Å². The van der Waals surface area contributed by atoms with E-state index in [1.165, 1.54) is 11.8 Å². The lowest BCUT2D eigenvalue weighted by Gasteiger charge is -2.16. The molecule has 0 spiro atoms. The Labute approximate surface area is 179 Å². The normalized spacial score (nSPS) is 11.9. The van der Waals surface area contributed by atoms with Gasteiger partial charge in [0, 0.05) is 12.2 Å². The van der Waals surface area contributed by atoms with Crippen molar-refractivity contribution in [3.63, 3.8) is 0 Å². The van der Waals surface area contributed by atoms with Gasteiger partial charge in [0.2, 0.25) is 5.91 Å². The van der Waals surface area contributed by atoms with Crippen LogP contribution in [0.2, 0.25) is 5.02 Å². The summed E-state index contributed by atoms with van der Waals surface area (Å²) >= 11 is 7.53. The van der Waals surface area contributed by atoms with Gasteiger partial charge in [-0.1, -0.05) is 53.7 Å². The highest BCUT2D eigenvalue weighted by Gasteiger charge is 2.20. The molecule has 0 aliphatic heterocycles. The van der Waals surface area contributed by atoms with Crippen LogP contribution in [0.5, 0.6) is 5.75 Å². The molecular weight excluding hydrogens is 408 g/mol. The summed E-state index contributed by atoms with van der Waals surface area (Å²) in [7, 11) is 0. The molecule has 1 N–H and O–H groups in total. The van der Waals surface area contributed by atoms with E-state index in [2.05, 4.69) is 15.5 Å². The molecule has 1 amide bonds. The summed E-state index contributed by atoms with van der Waals surface area (Å²) in [5.41, 5.74) is 1.84. The van der Waals surface area contributed by atoms with Crippen LogP contribution >= 0.6 is 23.4 Å². The molecule has 3 aromatic rings. The number of hydrogen-bond acceptors (Lipinski definition) is 5. The monoisotopic (exact) mass is 430 g/mol. The quantitative estimate of drug-likeness (QED) is 0.501. The third kappa shape index (κ3) is 5.31. The maximum absolute atomic E-state index is 12.3. The molecule has 0 saturated carbocycles. The predicted octanol–water partition coefficient (Wildman–Crippen LogP) is 5.13. The Hall–Kier alpha value is -2.51. The van der Waals surface area contributed by atoms with Crippen LogP contribution in [0.15, 0.2) is 53.7 Å². The molecule has 0 fully saturated rings. The number of halogens is 1. The summed E-state index contributed by atoms with van der Waals surface area (Å²) in [4.78, 5) is 12.3. The minimum atomic E-state index is -0.336. The van der Waals surface area contributed by atoms with E-state index >= 15 is 0 Å². The van der Waals surface area contributed by atoms with Crippen molar-refractivity contribution >= 4 is 35.0 Å². The molecule has 0 bridgehead atoms. The summed E-state index contributed by atoms with van der Waals surface area (Å²) in [6.45, 7) is 6.54. The standard InChI is InChI=1S/C21H23ClN4O2S/c1-4-26-20(15(3)28-18-12-8-6-10-16(18)22)24-25-21(26)29-13-19(27)23-17-11-7-5-9-14(17)2/h5-12,15H,4,13H2,1-3H3,(H,23,27). The van der Waals surface area contributed by atoms with E-state index in [9.17, 15) is 4.79 Å². The van der Waals surface area contributed by atoms with Crippen LogP contribution in [0.4, 0.5) is 5.69 Å². The second kappa shape index (κ2) is 9.80. The zero-order chi connectivity index (χ0) is 20.8. The first-order chi connectivity index (χ1) is 14.0. The molecule has 6 nitrogen and oxygen atoms in total. The molecule has 1 unspecified atom stereocenters. The zero-order valence-electron chi connectivity index (χ0n) is 16.6. The second-order valence-corrected chi connectivity index (χ2v) is 7.78. The second-order valence-electron chi connectivity index (χ2n) is 6.43. The molecule has 0 aliphatic carbocycles. The van der Waals surface area contributed by atoms with Gasteiger partial charge in [0.1, 0.15) is 5.75 Å². The average Bonchev–Trinajstić information content (AvgIpc) is 3.13. The van der Waals surface area contributed by atoms with E-state index in [1.807, 2.05) is 67.8 Å². The SMILES string of the molecule is CCn1c(SCC(=O)Nc2ccccc2C)nnc1C(C)Oc1ccccc1Cl. The van der Waals surface area contributed by atoms with Gasteiger partial charge in [0.15, 0.2) is 17.1 Å². The maximum Gasteiger partial charge on any atom is 0.234 e. The van der Waals surface area contributed by atoms with E-state index in [4.69, 9.17) is 16.3 Å². The fourth-order valence-electron chi connectivity index (χ4n) is 2.82. The van der Waals surface area contributed by atoms with Crippen molar-refractivity contribution in [2.45, 2.75) is 38.6 Å². The molecule has 0 radical (unpaired) electrons. The number of thioether (sulfide) groups is 1. The number of aromatic nitrogens is 3. The number of hydrogen-bond donors (Lipinski definition) is 1. The number of nitrogens with zero attached hydrogens (tertiary/aromatic N) is 3. The number of para-hydroxylation sites is 2. The molecule has 1 aromatic heterocycles. The lowest BCUT2D eigenvalue weighted by Crippen LogP contribution is -2.16. The lowest BCUT2D eigenvalue weighted by molar-refractivity contribution is -0.113. The lowest BCUT2D eigenvalue weighted by atomic mass is 10.2. The molecule has 2 aromatic carbocycles. The summed E-state index contributed by atoms with van der Waals surface area (Å²) in [6.07, 6.45) is -0.336. The first-order valence-electron chi connectivity index (χ1n) is 9.32. The van der Waals surface area contributed by atoms with Crippen molar-refractivity contribution < 1.29 is 9.53 Å². The fourth-order valence-corrected chi connectivity index (χ4v) is 3.81. The van der Waals surface area contributed by atoms with Gasteiger partial charge in [-0.05, 0) is 44.5 Å². The topological polar surface area (TPSA) is 69.0 Å². The van der Waals surface area contributed by atoms with Crippen LogP contribution in [0.3, 0.4) is 0 Å². The highest BCUT2D eigenvalue weighted by Crippen LogP contribution is 2.29. The Morgan fingerprint density at radius 3 is 2.66 bits per heavy atom. The Kier molecular flexibility index (Phi) is 7.17. The number of nitrogens with one attached hydrogen (secondary N) is 1. The van der Waals surface area contributed by atoms with Crippen LogP contribution in [-0.2, 0) is 11.3 Å². The number of carbonyl (C=O) groups is 1. The summed E-state index contributed by atoms with van der Waals surface area (Å²) in [5, 5.41) is 12.7. The minimum absolute atomic E-state index is 0.0862. The summed E-state index contributed by atoms with van der Waals surface area (Å²) in [6, 6.07) is 15.0. The van der Waals surface area contributed by atoms with E-state index < -0.39 is 0 Å². The van der Waals surface area contributed by atoms with Crippen LogP contribution in [0.25, 0.3) is 0 Å². The van der Waals surface area contributed by atoms with Crippen molar-refractivity contribution in [2.75, 3.05) is 11.1 Å². The van der Waals surface area contributed by atoms with Crippen LogP contribution in [0.1, 0.15) is 31.3 Å². The number of rotatable bonds is 8. The predicted molar refractivity (Wildman–Crippen MR) is 117 cm³/mol. The molecule has 1 heterocycles. The molecule has 8 heteroatoms. The number of ether oxygens (including phenoxy) is 1. The van der Waals surface area contributed by atoms with Crippen LogP contribution in [0, 0.1) is 6.92 Å². The van der Waals surface area contributed by atoms with Crippen molar-refractivity contribution in [2.24, 2.45) is 0 Å². The Balaban J connectivity index is 1.65. The number of carbonyl (C=O) groups excluding carboxylic acids is 1.